The number of benzene rings is 1. The average molecular weight is 431 g/mol. The standard InChI is InChI=1S/C20H19BrN2O4/c1-27-12-2-11-23-17(13-3-5-15(21)6-4-13)16(19(25)20(23)26)18(24)14-7-9-22-10-8-14/h3-10,17,24H,2,11-12H2,1H3/b18-16+. The van der Waals surface area contributed by atoms with E-state index < -0.39 is 17.7 Å². The number of aromatic nitrogens is 1. The summed E-state index contributed by atoms with van der Waals surface area (Å²) >= 11 is 3.39. The molecular weight excluding hydrogens is 412 g/mol. The van der Waals surface area contributed by atoms with Gasteiger partial charge in [0.2, 0.25) is 0 Å². The fraction of sp³-hybridized carbons (Fsp3) is 0.250. The minimum Gasteiger partial charge on any atom is -0.507 e. The highest BCUT2D eigenvalue weighted by Gasteiger charge is 2.45. The molecule has 0 radical (unpaired) electrons. The Balaban J connectivity index is 2.10. The van der Waals surface area contributed by atoms with Gasteiger partial charge in [-0.2, -0.15) is 0 Å². The molecule has 3 rings (SSSR count). The van der Waals surface area contributed by atoms with Gasteiger partial charge in [-0.05, 0) is 36.2 Å². The maximum absolute atomic E-state index is 12.7. The zero-order valence-corrected chi connectivity index (χ0v) is 16.3. The summed E-state index contributed by atoms with van der Waals surface area (Å²) in [5.41, 5.74) is 1.29. The Morgan fingerprint density at radius 3 is 2.48 bits per heavy atom. The quantitative estimate of drug-likeness (QED) is 0.329. The normalized spacial score (nSPS) is 18.9. The maximum Gasteiger partial charge on any atom is 0.295 e. The van der Waals surface area contributed by atoms with Crippen molar-refractivity contribution in [3.8, 4) is 0 Å². The van der Waals surface area contributed by atoms with Crippen molar-refractivity contribution in [3.63, 3.8) is 0 Å². The molecular formula is C20H19BrN2O4. The number of pyridine rings is 1. The van der Waals surface area contributed by atoms with Crippen molar-refractivity contribution < 1.29 is 19.4 Å². The van der Waals surface area contributed by atoms with Crippen molar-refractivity contribution in [2.24, 2.45) is 0 Å². The van der Waals surface area contributed by atoms with Gasteiger partial charge in [0.05, 0.1) is 11.6 Å². The molecule has 0 saturated carbocycles. The Kier molecular flexibility index (Phi) is 6.03. The van der Waals surface area contributed by atoms with Crippen molar-refractivity contribution in [1.29, 1.82) is 0 Å². The number of likely N-dealkylation sites (tertiary alicyclic amines) is 1. The van der Waals surface area contributed by atoms with Gasteiger partial charge in [0.1, 0.15) is 5.76 Å². The number of nitrogens with zero attached hydrogens (tertiary/aromatic N) is 2. The van der Waals surface area contributed by atoms with Crippen LogP contribution < -0.4 is 0 Å². The first-order valence-corrected chi connectivity index (χ1v) is 9.27. The third kappa shape index (κ3) is 3.94. The van der Waals surface area contributed by atoms with Crippen LogP contribution in [0.5, 0.6) is 0 Å². The predicted molar refractivity (Wildman–Crippen MR) is 104 cm³/mol. The van der Waals surface area contributed by atoms with Crippen molar-refractivity contribution in [3.05, 3.63) is 70.0 Å². The number of ketones is 1. The second-order valence-corrected chi connectivity index (χ2v) is 7.04. The predicted octanol–water partition coefficient (Wildman–Crippen LogP) is 3.30. The topological polar surface area (TPSA) is 79.7 Å². The van der Waals surface area contributed by atoms with Gasteiger partial charge in [-0.25, -0.2) is 0 Å². The fourth-order valence-corrected chi connectivity index (χ4v) is 3.41. The summed E-state index contributed by atoms with van der Waals surface area (Å²) in [6.07, 6.45) is 3.64. The van der Waals surface area contributed by atoms with E-state index in [0.717, 1.165) is 10.0 Å². The molecule has 2 heterocycles. The number of carbonyl (C=O) groups excluding carboxylic acids is 2. The van der Waals surface area contributed by atoms with Crippen LogP contribution >= 0.6 is 15.9 Å². The number of hydrogen-bond donors (Lipinski definition) is 1. The van der Waals surface area contributed by atoms with Gasteiger partial charge in [-0.1, -0.05) is 28.1 Å². The first-order chi connectivity index (χ1) is 13.0. The molecule has 1 fully saturated rings. The smallest absolute Gasteiger partial charge is 0.295 e. The molecule has 1 unspecified atom stereocenters. The number of carbonyl (C=O) groups is 2. The van der Waals surface area contributed by atoms with Gasteiger partial charge in [-0.15, -0.1) is 0 Å². The molecule has 1 amide bonds. The second-order valence-electron chi connectivity index (χ2n) is 6.13. The highest BCUT2D eigenvalue weighted by molar-refractivity contribution is 9.10. The van der Waals surface area contributed by atoms with Gasteiger partial charge in [0.25, 0.3) is 11.7 Å². The van der Waals surface area contributed by atoms with Crippen LogP contribution in [-0.2, 0) is 14.3 Å². The van der Waals surface area contributed by atoms with Crippen molar-refractivity contribution >= 4 is 33.4 Å². The molecule has 140 valence electrons. The van der Waals surface area contributed by atoms with E-state index in [2.05, 4.69) is 20.9 Å². The van der Waals surface area contributed by atoms with Crippen molar-refractivity contribution in [2.45, 2.75) is 12.5 Å². The molecule has 0 bridgehead atoms. The van der Waals surface area contributed by atoms with E-state index in [1.165, 1.54) is 17.3 Å². The lowest BCUT2D eigenvalue weighted by atomic mass is 9.95. The van der Waals surface area contributed by atoms with Crippen molar-refractivity contribution in [2.75, 3.05) is 20.3 Å². The summed E-state index contributed by atoms with van der Waals surface area (Å²) in [4.78, 5) is 30.8. The molecule has 1 aromatic carbocycles. The third-order valence-electron chi connectivity index (χ3n) is 4.43. The van der Waals surface area contributed by atoms with Crippen LogP contribution in [0, 0.1) is 0 Å². The molecule has 1 atom stereocenters. The maximum atomic E-state index is 12.7. The number of aliphatic hydroxyl groups excluding tert-OH is 1. The lowest BCUT2D eigenvalue weighted by Crippen LogP contribution is -2.31. The average Bonchev–Trinajstić information content (AvgIpc) is 2.94. The summed E-state index contributed by atoms with van der Waals surface area (Å²) in [5.74, 6) is -1.50. The fourth-order valence-electron chi connectivity index (χ4n) is 3.15. The molecule has 1 aliphatic rings. The number of halogens is 1. The molecule has 6 nitrogen and oxygen atoms in total. The molecule has 1 aliphatic heterocycles. The van der Waals surface area contributed by atoms with Crippen LogP contribution in [0.2, 0.25) is 0 Å². The Bertz CT molecular complexity index is 865. The molecule has 0 spiro atoms. The van der Waals surface area contributed by atoms with E-state index in [-0.39, 0.29) is 11.3 Å². The van der Waals surface area contributed by atoms with Gasteiger partial charge in [-0.3, -0.25) is 14.6 Å². The first kappa shape index (κ1) is 19.3. The largest absolute Gasteiger partial charge is 0.507 e. The van der Waals surface area contributed by atoms with E-state index in [4.69, 9.17) is 4.74 Å². The minimum atomic E-state index is -0.686. The van der Waals surface area contributed by atoms with E-state index in [1.54, 1.807) is 19.2 Å². The summed E-state index contributed by atoms with van der Waals surface area (Å²) in [6, 6.07) is 9.92. The van der Waals surface area contributed by atoms with Crippen LogP contribution in [0.25, 0.3) is 5.76 Å². The lowest BCUT2D eigenvalue weighted by Gasteiger charge is -2.25. The summed E-state index contributed by atoms with van der Waals surface area (Å²) in [7, 11) is 1.59. The highest BCUT2D eigenvalue weighted by Crippen LogP contribution is 2.39. The van der Waals surface area contributed by atoms with E-state index in [0.29, 0.717) is 25.1 Å². The van der Waals surface area contributed by atoms with Crippen molar-refractivity contribution in [1.82, 2.24) is 9.88 Å². The van der Waals surface area contributed by atoms with Gasteiger partial charge >= 0.3 is 0 Å². The summed E-state index contributed by atoms with van der Waals surface area (Å²) in [5, 5.41) is 10.8. The highest BCUT2D eigenvalue weighted by atomic mass is 79.9. The van der Waals surface area contributed by atoms with E-state index in [1.807, 2.05) is 24.3 Å². The van der Waals surface area contributed by atoms with E-state index in [9.17, 15) is 14.7 Å². The number of hydrogen-bond acceptors (Lipinski definition) is 5. The van der Waals surface area contributed by atoms with Crippen LogP contribution in [0.1, 0.15) is 23.6 Å². The molecule has 1 N–H and O–H groups in total. The second kappa shape index (κ2) is 8.45. The molecule has 2 aromatic rings. The third-order valence-corrected chi connectivity index (χ3v) is 4.96. The molecule has 1 saturated heterocycles. The summed E-state index contributed by atoms with van der Waals surface area (Å²) < 4.78 is 5.95. The Morgan fingerprint density at radius 2 is 1.85 bits per heavy atom. The Hall–Kier alpha value is -2.51. The van der Waals surface area contributed by atoms with Gasteiger partial charge in [0, 0.05) is 42.7 Å². The molecule has 27 heavy (non-hydrogen) atoms. The minimum absolute atomic E-state index is 0.0888. The number of methoxy groups -OCH3 is 1. The van der Waals surface area contributed by atoms with E-state index >= 15 is 0 Å². The number of amides is 1. The molecule has 1 aromatic heterocycles. The Labute approximate surface area is 165 Å². The summed E-state index contributed by atoms with van der Waals surface area (Å²) in [6.45, 7) is 0.826. The lowest BCUT2D eigenvalue weighted by molar-refractivity contribution is -0.140. The molecule has 7 heteroatoms. The van der Waals surface area contributed by atoms with Crippen LogP contribution in [0.4, 0.5) is 0 Å². The zero-order chi connectivity index (χ0) is 19.4. The van der Waals surface area contributed by atoms with Crippen LogP contribution in [-0.4, -0.2) is 46.9 Å². The SMILES string of the molecule is COCCCN1C(=O)C(=O)/C(=C(/O)c2ccncc2)C1c1ccc(Br)cc1. The molecule has 0 aliphatic carbocycles. The van der Waals surface area contributed by atoms with Gasteiger partial charge < -0.3 is 14.7 Å². The zero-order valence-electron chi connectivity index (χ0n) is 14.8. The monoisotopic (exact) mass is 430 g/mol. The number of Topliss-reactive ketones (excluding diaryl/α,β-unsaturated/α-hetero) is 1. The number of aliphatic hydroxyl groups is 1. The number of rotatable bonds is 6. The van der Waals surface area contributed by atoms with Crippen LogP contribution in [0.15, 0.2) is 58.8 Å². The first-order valence-electron chi connectivity index (χ1n) is 8.47. The van der Waals surface area contributed by atoms with Gasteiger partial charge in [0.15, 0.2) is 0 Å². The van der Waals surface area contributed by atoms with Crippen LogP contribution in [0.3, 0.4) is 0 Å². The Morgan fingerprint density at radius 1 is 1.19 bits per heavy atom. The number of ether oxygens (including phenoxy) is 1.